The molecule has 1 fully saturated rings. The molecule has 3 heteroatoms. The fraction of sp³-hybridized carbons (Fsp3) is 0.188. The van der Waals surface area contributed by atoms with Gasteiger partial charge in [0.05, 0.1) is 0 Å². The molecule has 1 aromatic carbocycles. The minimum absolute atomic E-state index is 0.814. The van der Waals surface area contributed by atoms with Gasteiger partial charge in [0, 0.05) is 11.8 Å². The monoisotopic (exact) mass is 360 g/mol. The maximum atomic E-state index is 4.73. The van der Waals surface area contributed by atoms with Gasteiger partial charge < -0.3 is 0 Å². The Morgan fingerprint density at radius 3 is 2.53 bits per heavy atom. The topological polar surface area (TPSA) is 17.3 Å². The fourth-order valence-corrected chi connectivity index (χ4v) is 3.32. The van der Waals surface area contributed by atoms with Crippen LogP contribution in [-0.2, 0) is 0 Å². The maximum Gasteiger partial charge on any atom is 0.138 e. The summed E-state index contributed by atoms with van der Waals surface area (Å²) in [5, 5.41) is 0. The van der Waals surface area contributed by atoms with Gasteiger partial charge in [-0.25, -0.2) is 4.98 Å². The quantitative estimate of drug-likeness (QED) is 0.616. The Labute approximate surface area is 125 Å². The molecule has 0 amide bonds. The van der Waals surface area contributed by atoms with E-state index in [2.05, 4.69) is 57.5 Å². The molecule has 0 bridgehead atoms. The Kier molecular flexibility index (Phi) is 2.62. The van der Waals surface area contributed by atoms with Crippen LogP contribution in [0.1, 0.15) is 24.3 Å². The van der Waals surface area contributed by atoms with Crippen molar-refractivity contribution in [2.75, 3.05) is 0 Å². The van der Waals surface area contributed by atoms with Gasteiger partial charge in [-0.2, -0.15) is 0 Å². The van der Waals surface area contributed by atoms with Gasteiger partial charge >= 0.3 is 0 Å². The number of aromatic nitrogens is 2. The third-order valence-corrected chi connectivity index (χ3v) is 4.74. The zero-order valence-electron chi connectivity index (χ0n) is 10.4. The number of hydrogen-bond donors (Lipinski definition) is 0. The van der Waals surface area contributed by atoms with Gasteiger partial charge in [-0.3, -0.25) is 4.40 Å². The molecular formula is C16H13IN2. The molecule has 2 heterocycles. The SMILES string of the molecule is Ic1c(-c2ccc(C3CC3)cc2)nc2ccccn12. The van der Waals surface area contributed by atoms with Gasteiger partial charge in [-0.1, -0.05) is 30.3 Å². The maximum absolute atomic E-state index is 4.73. The van der Waals surface area contributed by atoms with Crippen molar-refractivity contribution in [3.8, 4) is 11.3 Å². The first-order valence-corrected chi connectivity index (χ1v) is 7.64. The van der Waals surface area contributed by atoms with Crippen LogP contribution in [0.25, 0.3) is 16.9 Å². The number of benzene rings is 1. The van der Waals surface area contributed by atoms with Crippen molar-refractivity contribution in [1.29, 1.82) is 0 Å². The number of nitrogens with zero attached hydrogens (tertiary/aromatic N) is 2. The smallest absolute Gasteiger partial charge is 0.138 e. The summed E-state index contributed by atoms with van der Waals surface area (Å²) in [6, 6.07) is 15.0. The summed E-state index contributed by atoms with van der Waals surface area (Å²) in [5.41, 5.74) is 4.77. The van der Waals surface area contributed by atoms with Crippen molar-refractivity contribution in [2.24, 2.45) is 0 Å². The molecule has 0 N–H and O–H groups in total. The summed E-state index contributed by atoms with van der Waals surface area (Å²) in [5.74, 6) is 0.814. The summed E-state index contributed by atoms with van der Waals surface area (Å²) >= 11 is 2.37. The number of imidazole rings is 1. The van der Waals surface area contributed by atoms with E-state index in [9.17, 15) is 0 Å². The van der Waals surface area contributed by atoms with E-state index >= 15 is 0 Å². The number of pyridine rings is 1. The first-order chi connectivity index (χ1) is 9.33. The van der Waals surface area contributed by atoms with Crippen LogP contribution in [0.15, 0.2) is 48.7 Å². The van der Waals surface area contributed by atoms with Crippen molar-refractivity contribution >= 4 is 28.2 Å². The van der Waals surface area contributed by atoms with E-state index in [1.807, 2.05) is 18.2 Å². The average molecular weight is 360 g/mol. The summed E-state index contributed by atoms with van der Waals surface area (Å²) in [4.78, 5) is 4.73. The second-order valence-electron chi connectivity index (χ2n) is 5.08. The van der Waals surface area contributed by atoms with Gasteiger partial charge in [-0.15, -0.1) is 0 Å². The molecule has 0 saturated heterocycles. The van der Waals surface area contributed by atoms with Crippen LogP contribution in [0.4, 0.5) is 0 Å². The molecule has 1 aliphatic carbocycles. The Hall–Kier alpha value is -1.36. The molecule has 19 heavy (non-hydrogen) atoms. The van der Waals surface area contributed by atoms with Crippen molar-refractivity contribution in [1.82, 2.24) is 9.38 Å². The number of fused-ring (bicyclic) bond motifs is 1. The molecule has 0 unspecified atom stereocenters. The molecule has 1 aliphatic rings. The molecule has 2 aromatic heterocycles. The van der Waals surface area contributed by atoms with E-state index in [-0.39, 0.29) is 0 Å². The third kappa shape index (κ3) is 1.96. The van der Waals surface area contributed by atoms with Crippen molar-refractivity contribution in [3.05, 3.63) is 57.9 Å². The lowest BCUT2D eigenvalue weighted by atomic mass is 10.1. The summed E-state index contributed by atoms with van der Waals surface area (Å²) in [6.45, 7) is 0. The highest BCUT2D eigenvalue weighted by atomic mass is 127. The average Bonchev–Trinajstić information content (AvgIpc) is 3.25. The molecule has 4 rings (SSSR count). The number of hydrogen-bond acceptors (Lipinski definition) is 1. The highest BCUT2D eigenvalue weighted by molar-refractivity contribution is 14.1. The van der Waals surface area contributed by atoms with E-state index in [0.717, 1.165) is 17.3 Å². The van der Waals surface area contributed by atoms with E-state index < -0.39 is 0 Å². The zero-order chi connectivity index (χ0) is 12.8. The minimum Gasteiger partial charge on any atom is -0.294 e. The lowest BCUT2D eigenvalue weighted by molar-refractivity contribution is 1.13. The van der Waals surface area contributed by atoms with Crippen LogP contribution in [0.2, 0.25) is 0 Å². The van der Waals surface area contributed by atoms with Crippen LogP contribution in [0.3, 0.4) is 0 Å². The first kappa shape index (κ1) is 11.5. The molecule has 3 aromatic rings. The second kappa shape index (κ2) is 4.34. The highest BCUT2D eigenvalue weighted by Gasteiger charge is 2.23. The second-order valence-corrected chi connectivity index (χ2v) is 6.10. The van der Waals surface area contributed by atoms with Gasteiger partial charge in [0.15, 0.2) is 0 Å². The standard InChI is InChI=1S/C16H13IN2/c17-16-15(18-14-3-1-2-10-19(14)16)13-8-6-12(7-9-13)11-4-5-11/h1-3,6-11H,4-5H2. The van der Waals surface area contributed by atoms with Crippen LogP contribution < -0.4 is 0 Å². The Balaban J connectivity index is 1.82. The van der Waals surface area contributed by atoms with Crippen LogP contribution >= 0.6 is 22.6 Å². The van der Waals surface area contributed by atoms with E-state index in [0.29, 0.717) is 0 Å². The minimum atomic E-state index is 0.814. The van der Waals surface area contributed by atoms with Crippen molar-refractivity contribution < 1.29 is 0 Å². The molecule has 94 valence electrons. The van der Waals surface area contributed by atoms with Crippen LogP contribution in [0.5, 0.6) is 0 Å². The van der Waals surface area contributed by atoms with Gasteiger partial charge in [0.25, 0.3) is 0 Å². The fourth-order valence-electron chi connectivity index (χ4n) is 2.48. The Morgan fingerprint density at radius 1 is 1.05 bits per heavy atom. The van der Waals surface area contributed by atoms with Crippen molar-refractivity contribution in [3.63, 3.8) is 0 Å². The van der Waals surface area contributed by atoms with Crippen molar-refractivity contribution in [2.45, 2.75) is 18.8 Å². The van der Waals surface area contributed by atoms with Gasteiger partial charge in [0.1, 0.15) is 15.0 Å². The normalized spacial score (nSPS) is 15.0. The molecule has 0 radical (unpaired) electrons. The van der Waals surface area contributed by atoms with E-state index in [1.165, 1.54) is 27.7 Å². The lowest BCUT2D eigenvalue weighted by Gasteiger charge is -2.01. The molecule has 0 aliphatic heterocycles. The zero-order valence-corrected chi connectivity index (χ0v) is 12.5. The largest absolute Gasteiger partial charge is 0.294 e. The summed E-state index contributed by atoms with van der Waals surface area (Å²) in [7, 11) is 0. The molecule has 0 spiro atoms. The predicted octanol–water partition coefficient (Wildman–Crippen LogP) is 4.48. The van der Waals surface area contributed by atoms with Crippen LogP contribution in [0, 0.1) is 3.70 Å². The van der Waals surface area contributed by atoms with E-state index in [1.54, 1.807) is 0 Å². The van der Waals surface area contributed by atoms with Gasteiger partial charge in [0.2, 0.25) is 0 Å². The van der Waals surface area contributed by atoms with Crippen LogP contribution in [-0.4, -0.2) is 9.38 Å². The number of halogens is 1. The molecule has 0 atom stereocenters. The molecular weight excluding hydrogens is 347 g/mol. The van der Waals surface area contributed by atoms with Gasteiger partial charge in [-0.05, 0) is 59.0 Å². The number of rotatable bonds is 2. The molecule has 2 nitrogen and oxygen atoms in total. The lowest BCUT2D eigenvalue weighted by Crippen LogP contribution is -1.86. The summed E-state index contributed by atoms with van der Waals surface area (Å²) in [6.07, 6.45) is 4.77. The third-order valence-electron chi connectivity index (χ3n) is 3.70. The Morgan fingerprint density at radius 2 is 1.84 bits per heavy atom. The molecule has 1 saturated carbocycles. The van der Waals surface area contributed by atoms with E-state index in [4.69, 9.17) is 4.98 Å². The highest BCUT2D eigenvalue weighted by Crippen LogP contribution is 2.40. The first-order valence-electron chi connectivity index (χ1n) is 6.56. The Bertz CT molecular complexity index is 739. The predicted molar refractivity (Wildman–Crippen MR) is 85.3 cm³/mol. The summed E-state index contributed by atoms with van der Waals surface area (Å²) < 4.78 is 3.30.